The van der Waals surface area contributed by atoms with Gasteiger partial charge in [0, 0.05) is 5.56 Å². The van der Waals surface area contributed by atoms with Gasteiger partial charge in [0.05, 0.1) is 12.5 Å². The molecule has 0 fully saturated rings. The van der Waals surface area contributed by atoms with Gasteiger partial charge in [-0.25, -0.2) is 9.59 Å². The molecule has 0 bridgehead atoms. The van der Waals surface area contributed by atoms with Crippen LogP contribution in [0.2, 0.25) is 0 Å². The molecule has 0 saturated carbocycles. The maximum absolute atomic E-state index is 13.0. The lowest BCUT2D eigenvalue weighted by Gasteiger charge is -2.42. The van der Waals surface area contributed by atoms with Crippen LogP contribution in [-0.4, -0.2) is 25.0 Å². The molecule has 1 heterocycles. The first kappa shape index (κ1) is 18.4. The number of aryl methyl sites for hydroxylation is 1. The number of carbonyl (C=O) groups is 3. The molecule has 1 aromatic carbocycles. The Morgan fingerprint density at radius 1 is 1.35 bits per heavy atom. The van der Waals surface area contributed by atoms with Gasteiger partial charge in [-0.2, -0.15) is 0 Å². The lowest BCUT2D eigenvalue weighted by molar-refractivity contribution is -0.157. The molecule has 1 aliphatic carbocycles. The predicted octanol–water partition coefficient (Wildman–Crippen LogP) is 2.90. The van der Waals surface area contributed by atoms with Crippen LogP contribution in [0.25, 0.3) is 0 Å². The summed E-state index contributed by atoms with van der Waals surface area (Å²) in [7, 11) is 0. The molecule has 6 heteroatoms. The van der Waals surface area contributed by atoms with Gasteiger partial charge in [0.25, 0.3) is 0 Å². The third-order valence-corrected chi connectivity index (χ3v) is 5.36. The van der Waals surface area contributed by atoms with Crippen molar-refractivity contribution in [3.8, 4) is 5.75 Å². The summed E-state index contributed by atoms with van der Waals surface area (Å²) in [4.78, 5) is 37.4. The van der Waals surface area contributed by atoms with E-state index in [-0.39, 0.29) is 12.5 Å². The van der Waals surface area contributed by atoms with E-state index in [1.54, 1.807) is 13.0 Å². The summed E-state index contributed by atoms with van der Waals surface area (Å²) in [5.41, 5.74) is 1.05. The highest BCUT2D eigenvalue weighted by Crippen LogP contribution is 2.45. The Balaban J connectivity index is 2.27. The first-order chi connectivity index (χ1) is 12.5. The second-order valence-corrected chi connectivity index (χ2v) is 7.24. The Hall–Kier alpha value is -2.37. The molecule has 2 atom stereocenters. The number of esters is 1. The van der Waals surface area contributed by atoms with E-state index in [9.17, 15) is 14.4 Å². The van der Waals surface area contributed by atoms with Gasteiger partial charge in [-0.15, -0.1) is 0 Å². The average molecular weight is 359 g/mol. The molecule has 26 heavy (non-hydrogen) atoms. The SMILES string of the molecule is CCOC(=O)[C@]1([C@H](C=O)C(C)C)NC(=O)Oc2c1ccc1c2CCCC1. The third-order valence-electron chi connectivity index (χ3n) is 5.36. The number of hydrogen-bond acceptors (Lipinski definition) is 5. The number of aldehydes is 1. The summed E-state index contributed by atoms with van der Waals surface area (Å²) in [5.74, 6) is -1.15. The fraction of sp³-hybridized carbons (Fsp3) is 0.550. The molecular formula is C20H25NO5. The minimum atomic E-state index is -1.57. The molecule has 0 spiro atoms. The van der Waals surface area contributed by atoms with E-state index in [0.29, 0.717) is 11.3 Å². The monoisotopic (exact) mass is 359 g/mol. The smallest absolute Gasteiger partial charge is 0.413 e. The molecule has 1 N–H and O–H groups in total. The zero-order valence-corrected chi connectivity index (χ0v) is 15.5. The molecule has 6 nitrogen and oxygen atoms in total. The van der Waals surface area contributed by atoms with E-state index in [2.05, 4.69) is 5.32 Å². The van der Waals surface area contributed by atoms with Crippen molar-refractivity contribution >= 4 is 18.3 Å². The van der Waals surface area contributed by atoms with E-state index in [0.717, 1.165) is 43.1 Å². The molecule has 140 valence electrons. The van der Waals surface area contributed by atoms with Gasteiger partial charge in [-0.3, -0.25) is 0 Å². The van der Waals surface area contributed by atoms with Crippen LogP contribution in [0, 0.1) is 11.8 Å². The Morgan fingerprint density at radius 2 is 2.08 bits per heavy atom. The second kappa shape index (κ2) is 7.09. The summed E-state index contributed by atoms with van der Waals surface area (Å²) in [6.45, 7) is 5.55. The van der Waals surface area contributed by atoms with Crippen LogP contribution in [-0.2, 0) is 32.7 Å². The number of nitrogens with one attached hydrogen (secondary N) is 1. The van der Waals surface area contributed by atoms with Crippen LogP contribution in [0.1, 0.15) is 50.3 Å². The fourth-order valence-electron chi connectivity index (χ4n) is 4.13. The summed E-state index contributed by atoms with van der Waals surface area (Å²) in [5, 5.41) is 2.64. The first-order valence-corrected chi connectivity index (χ1v) is 9.23. The summed E-state index contributed by atoms with van der Waals surface area (Å²) in [6.07, 6.45) is 3.80. The number of rotatable bonds is 5. The van der Waals surface area contributed by atoms with Crippen LogP contribution in [0.4, 0.5) is 4.79 Å². The number of ether oxygens (including phenoxy) is 2. The minimum Gasteiger partial charge on any atom is -0.464 e. The van der Waals surface area contributed by atoms with Crippen molar-refractivity contribution < 1.29 is 23.9 Å². The van der Waals surface area contributed by atoms with Gasteiger partial charge in [0.15, 0.2) is 5.54 Å². The molecular weight excluding hydrogens is 334 g/mol. The van der Waals surface area contributed by atoms with Gasteiger partial charge in [0.1, 0.15) is 12.0 Å². The van der Waals surface area contributed by atoms with Crippen molar-refractivity contribution in [2.45, 2.75) is 52.0 Å². The molecule has 3 rings (SSSR count). The van der Waals surface area contributed by atoms with Crippen LogP contribution in [0.3, 0.4) is 0 Å². The second-order valence-electron chi connectivity index (χ2n) is 7.24. The van der Waals surface area contributed by atoms with Gasteiger partial charge < -0.3 is 19.6 Å². The largest absolute Gasteiger partial charge is 0.464 e. The van der Waals surface area contributed by atoms with Crippen LogP contribution < -0.4 is 10.1 Å². The molecule has 0 radical (unpaired) electrons. The van der Waals surface area contributed by atoms with Crippen LogP contribution >= 0.6 is 0 Å². The van der Waals surface area contributed by atoms with E-state index in [1.165, 1.54) is 0 Å². The normalized spacial score (nSPS) is 22.5. The number of fused-ring (bicyclic) bond motifs is 3. The predicted molar refractivity (Wildman–Crippen MR) is 94.9 cm³/mol. The van der Waals surface area contributed by atoms with E-state index in [1.807, 2.05) is 19.9 Å². The Bertz CT molecular complexity index is 742. The van der Waals surface area contributed by atoms with Crippen molar-refractivity contribution in [1.29, 1.82) is 0 Å². The maximum atomic E-state index is 13.0. The average Bonchev–Trinajstić information content (AvgIpc) is 2.61. The zero-order valence-electron chi connectivity index (χ0n) is 15.5. The number of carbonyl (C=O) groups excluding carboxylic acids is 3. The zero-order chi connectivity index (χ0) is 18.9. The van der Waals surface area contributed by atoms with Crippen molar-refractivity contribution in [2.75, 3.05) is 6.61 Å². The van der Waals surface area contributed by atoms with Gasteiger partial charge >= 0.3 is 12.1 Å². The van der Waals surface area contributed by atoms with Crippen molar-refractivity contribution in [2.24, 2.45) is 11.8 Å². The maximum Gasteiger partial charge on any atom is 0.413 e. The molecule has 1 aliphatic heterocycles. The van der Waals surface area contributed by atoms with Crippen molar-refractivity contribution in [3.63, 3.8) is 0 Å². The lowest BCUT2D eigenvalue weighted by Crippen LogP contribution is -2.62. The highest BCUT2D eigenvalue weighted by atomic mass is 16.6. The standard InChI is InChI=1S/C20H25NO5/c1-4-25-18(23)20(16(11-22)12(2)3)15-10-9-13-7-5-6-8-14(13)17(15)26-19(24)21-20/h9-12,16H,4-8H2,1-3H3,(H,21,24)/t16-,20+/m1/s1. The molecule has 1 aromatic rings. The highest BCUT2D eigenvalue weighted by molar-refractivity contribution is 5.94. The van der Waals surface area contributed by atoms with E-state index < -0.39 is 23.5 Å². The van der Waals surface area contributed by atoms with Crippen molar-refractivity contribution in [3.05, 3.63) is 28.8 Å². The van der Waals surface area contributed by atoms with Crippen LogP contribution in [0.5, 0.6) is 5.75 Å². The Morgan fingerprint density at radius 3 is 2.73 bits per heavy atom. The summed E-state index contributed by atoms with van der Waals surface area (Å²) >= 11 is 0. The fourth-order valence-corrected chi connectivity index (χ4v) is 4.13. The van der Waals surface area contributed by atoms with E-state index in [4.69, 9.17) is 9.47 Å². The number of benzene rings is 1. The first-order valence-electron chi connectivity index (χ1n) is 9.23. The highest BCUT2D eigenvalue weighted by Gasteiger charge is 2.55. The quantitative estimate of drug-likeness (QED) is 0.646. The van der Waals surface area contributed by atoms with Gasteiger partial charge in [-0.1, -0.05) is 26.0 Å². The lowest BCUT2D eigenvalue weighted by atomic mass is 9.71. The minimum absolute atomic E-state index is 0.154. The molecule has 1 amide bonds. The number of amides is 1. The van der Waals surface area contributed by atoms with Gasteiger partial charge in [0.2, 0.25) is 0 Å². The third kappa shape index (κ3) is 2.77. The molecule has 0 saturated heterocycles. The van der Waals surface area contributed by atoms with Crippen molar-refractivity contribution in [1.82, 2.24) is 5.32 Å². The summed E-state index contributed by atoms with van der Waals surface area (Å²) in [6, 6.07) is 3.78. The Labute approximate surface area is 153 Å². The number of hydrogen-bond donors (Lipinski definition) is 1. The molecule has 2 aliphatic rings. The Kier molecular flexibility index (Phi) is 5.03. The van der Waals surface area contributed by atoms with E-state index >= 15 is 0 Å². The van der Waals surface area contributed by atoms with Crippen LogP contribution in [0.15, 0.2) is 12.1 Å². The summed E-state index contributed by atoms with van der Waals surface area (Å²) < 4.78 is 10.8. The molecule has 0 unspecified atom stereocenters. The topological polar surface area (TPSA) is 81.7 Å². The molecule has 0 aromatic heterocycles. The van der Waals surface area contributed by atoms with Gasteiger partial charge in [-0.05, 0) is 49.7 Å².